The summed E-state index contributed by atoms with van der Waals surface area (Å²) in [4.78, 5) is 38.5. The molecule has 0 bridgehead atoms. The summed E-state index contributed by atoms with van der Waals surface area (Å²) in [5, 5.41) is 3.22. The Morgan fingerprint density at radius 1 is 1.09 bits per heavy atom. The molecule has 1 aliphatic rings. The molecule has 0 saturated heterocycles. The zero-order valence-electron chi connectivity index (χ0n) is 26.1. The number of aromatic nitrogens is 1. The average Bonchev–Trinajstić information content (AvgIpc) is 3.57. The molecule has 8 nitrogen and oxygen atoms in total. The predicted molar refractivity (Wildman–Crippen MR) is 174 cm³/mol. The van der Waals surface area contributed by atoms with E-state index in [4.69, 9.17) is 15.2 Å². The Morgan fingerprint density at radius 2 is 1.77 bits per heavy atom. The third-order valence-electron chi connectivity index (χ3n) is 7.73. The summed E-state index contributed by atoms with van der Waals surface area (Å²) < 4.78 is 55.9. The largest absolute Gasteiger partial charge is 0.493 e. The van der Waals surface area contributed by atoms with Gasteiger partial charge in [0.1, 0.15) is 35.2 Å². The van der Waals surface area contributed by atoms with Crippen molar-refractivity contribution in [1.29, 1.82) is 0 Å². The van der Waals surface area contributed by atoms with Crippen LogP contribution in [0.4, 0.5) is 19.0 Å². The molecule has 1 aliphatic carbocycles. The number of anilines is 1. The second-order valence-corrected chi connectivity index (χ2v) is 11.1. The summed E-state index contributed by atoms with van der Waals surface area (Å²) in [6.07, 6.45) is 7.91. The van der Waals surface area contributed by atoms with Gasteiger partial charge in [-0.05, 0) is 75.8 Å². The van der Waals surface area contributed by atoms with E-state index in [1.807, 2.05) is 30.3 Å². The Kier molecular flexibility index (Phi) is 12.3. The van der Waals surface area contributed by atoms with Crippen molar-refractivity contribution in [2.24, 2.45) is 0 Å². The smallest absolute Gasteiger partial charge is 0.323 e. The van der Waals surface area contributed by atoms with Crippen molar-refractivity contribution in [2.45, 2.75) is 57.6 Å². The number of hydrogen-bond acceptors (Lipinski definition) is 7. The van der Waals surface area contributed by atoms with Crippen LogP contribution in [0, 0.1) is 11.6 Å². The van der Waals surface area contributed by atoms with E-state index in [1.165, 1.54) is 13.0 Å². The normalized spacial score (nSPS) is 14.3. The van der Waals surface area contributed by atoms with Crippen LogP contribution in [0.3, 0.4) is 0 Å². The molecule has 3 aromatic rings. The van der Waals surface area contributed by atoms with Crippen molar-refractivity contribution >= 4 is 17.6 Å². The van der Waals surface area contributed by atoms with Gasteiger partial charge in [-0.1, -0.05) is 43.0 Å². The third-order valence-corrected chi connectivity index (χ3v) is 7.73. The molecule has 47 heavy (non-hydrogen) atoms. The monoisotopic (exact) mass is 649 g/mol. The highest BCUT2D eigenvalue weighted by atomic mass is 19.1. The van der Waals surface area contributed by atoms with Crippen LogP contribution in [-0.2, 0) is 16.0 Å². The van der Waals surface area contributed by atoms with E-state index >= 15 is 8.78 Å². The number of rotatable bonds is 15. The van der Waals surface area contributed by atoms with Crippen molar-refractivity contribution in [1.82, 2.24) is 9.88 Å². The van der Waals surface area contributed by atoms with Gasteiger partial charge in [0, 0.05) is 23.8 Å². The van der Waals surface area contributed by atoms with Crippen LogP contribution in [0.15, 0.2) is 95.6 Å². The maximum Gasteiger partial charge on any atom is 0.323 e. The van der Waals surface area contributed by atoms with Crippen molar-refractivity contribution in [3.8, 4) is 11.4 Å². The Hall–Kier alpha value is -4.90. The first kappa shape index (κ1) is 35.0. The van der Waals surface area contributed by atoms with Crippen LogP contribution in [0.5, 0.6) is 5.75 Å². The topological polar surface area (TPSA) is 113 Å². The predicted octanol–water partition coefficient (Wildman–Crippen LogP) is 6.32. The van der Waals surface area contributed by atoms with Crippen LogP contribution in [0.1, 0.15) is 54.9 Å². The van der Waals surface area contributed by atoms with Gasteiger partial charge in [0.15, 0.2) is 17.4 Å². The number of nitrogens with zero attached hydrogens (tertiary/aromatic N) is 1. The SMILES string of the molecule is C=C(/C=C\C(F)=C/C)C(=O)c1ccc(=O)n(-c2c(F)cc(OCCCN[C@@H](Cc3ccccc3)C(=O)OC3CCCC3)cc2F)c1N. The minimum atomic E-state index is -1.15. The summed E-state index contributed by atoms with van der Waals surface area (Å²) in [7, 11) is 0. The molecule has 1 atom stereocenters. The average molecular weight is 650 g/mol. The molecule has 0 unspecified atom stereocenters. The van der Waals surface area contributed by atoms with Gasteiger partial charge in [-0.2, -0.15) is 0 Å². The van der Waals surface area contributed by atoms with E-state index in [0.29, 0.717) is 24.0 Å². The van der Waals surface area contributed by atoms with Gasteiger partial charge in [-0.15, -0.1) is 0 Å². The molecule has 0 spiro atoms. The lowest BCUT2D eigenvalue weighted by atomic mass is 10.0. The fourth-order valence-corrected chi connectivity index (χ4v) is 5.22. The number of nitrogen functional groups attached to an aromatic ring is 1. The minimum absolute atomic E-state index is 0.0659. The number of nitrogens with one attached hydrogen (secondary N) is 1. The summed E-state index contributed by atoms with van der Waals surface area (Å²) in [5.74, 6) is -4.63. The summed E-state index contributed by atoms with van der Waals surface area (Å²) >= 11 is 0. The highest BCUT2D eigenvalue weighted by Gasteiger charge is 2.26. The first-order valence-corrected chi connectivity index (χ1v) is 15.4. The van der Waals surface area contributed by atoms with Gasteiger partial charge in [0.25, 0.3) is 5.56 Å². The third kappa shape index (κ3) is 9.32. The maximum atomic E-state index is 15.3. The number of halogens is 3. The molecule has 248 valence electrons. The van der Waals surface area contributed by atoms with E-state index in [9.17, 15) is 18.8 Å². The van der Waals surface area contributed by atoms with Crippen molar-refractivity contribution < 1.29 is 32.2 Å². The molecule has 1 aromatic heterocycles. The van der Waals surface area contributed by atoms with Gasteiger partial charge in [0.05, 0.1) is 12.2 Å². The van der Waals surface area contributed by atoms with Crippen LogP contribution >= 0.6 is 0 Å². The second-order valence-electron chi connectivity index (χ2n) is 11.1. The Morgan fingerprint density at radius 3 is 2.43 bits per heavy atom. The molecular formula is C36H38F3N3O5. The lowest BCUT2D eigenvalue weighted by Gasteiger charge is -2.20. The van der Waals surface area contributed by atoms with Crippen molar-refractivity contribution in [3.63, 3.8) is 0 Å². The minimum Gasteiger partial charge on any atom is -0.493 e. The zero-order chi connectivity index (χ0) is 33.9. The molecule has 1 heterocycles. The number of benzene rings is 2. The summed E-state index contributed by atoms with van der Waals surface area (Å²) in [5.41, 5.74) is 4.96. The quantitative estimate of drug-likeness (QED) is 0.0652. The van der Waals surface area contributed by atoms with Crippen LogP contribution in [0.2, 0.25) is 0 Å². The molecule has 3 N–H and O–H groups in total. The van der Waals surface area contributed by atoms with E-state index in [1.54, 1.807) is 0 Å². The Balaban J connectivity index is 1.41. The second kappa shape index (κ2) is 16.6. The van der Waals surface area contributed by atoms with Crippen LogP contribution in [0.25, 0.3) is 5.69 Å². The van der Waals surface area contributed by atoms with Crippen molar-refractivity contribution in [2.75, 3.05) is 18.9 Å². The molecule has 1 saturated carbocycles. The van der Waals surface area contributed by atoms with E-state index in [0.717, 1.165) is 67.7 Å². The highest BCUT2D eigenvalue weighted by molar-refractivity contribution is 6.12. The molecule has 1 fully saturated rings. The van der Waals surface area contributed by atoms with Gasteiger partial charge in [0.2, 0.25) is 0 Å². The molecular weight excluding hydrogens is 611 g/mol. The van der Waals surface area contributed by atoms with Gasteiger partial charge < -0.3 is 20.5 Å². The Bertz CT molecular complexity index is 1690. The number of nitrogens with two attached hydrogens (primary N) is 1. The van der Waals surface area contributed by atoms with E-state index in [-0.39, 0.29) is 35.6 Å². The van der Waals surface area contributed by atoms with E-state index < -0.39 is 46.4 Å². The van der Waals surface area contributed by atoms with Crippen LogP contribution in [-0.4, -0.2) is 41.6 Å². The number of pyridine rings is 1. The lowest BCUT2D eigenvalue weighted by molar-refractivity contribution is -0.151. The van der Waals surface area contributed by atoms with E-state index in [2.05, 4.69) is 11.9 Å². The number of Topliss-reactive ketones (excluding diaryl/α,β-unsaturated/α-hetero) is 1. The number of esters is 1. The van der Waals surface area contributed by atoms with Crippen molar-refractivity contribution in [3.05, 3.63) is 124 Å². The van der Waals surface area contributed by atoms with Gasteiger partial charge >= 0.3 is 5.97 Å². The number of carbonyl (C=O) groups is 2. The number of allylic oxidation sites excluding steroid dienone is 5. The highest BCUT2D eigenvalue weighted by Crippen LogP contribution is 2.27. The number of ketones is 1. The summed E-state index contributed by atoms with van der Waals surface area (Å²) in [6, 6.07) is 12.9. The first-order valence-electron chi connectivity index (χ1n) is 15.4. The van der Waals surface area contributed by atoms with Gasteiger partial charge in [-0.3, -0.25) is 19.0 Å². The number of carbonyl (C=O) groups excluding carboxylic acids is 2. The number of hydrogen-bond donors (Lipinski definition) is 2. The maximum absolute atomic E-state index is 15.3. The zero-order valence-corrected chi connectivity index (χ0v) is 26.1. The molecule has 4 rings (SSSR count). The lowest BCUT2D eigenvalue weighted by Crippen LogP contribution is -2.41. The molecule has 2 aromatic carbocycles. The molecule has 0 radical (unpaired) electrons. The fourth-order valence-electron chi connectivity index (χ4n) is 5.22. The number of ether oxygens (including phenoxy) is 2. The standard InChI is InChI=1S/C36H38F3N3O5/c1-3-25(37)15-14-23(2)34(44)28-16-17-32(43)42(35(28)40)33-29(38)21-27(22-30(33)39)46-19-9-18-41-31(20-24-10-5-4-6-11-24)36(45)47-26-12-7-8-13-26/h3-6,10-11,14-17,21-22,26,31,41H,2,7-9,12-13,18-20,40H2,1H3/b15-14-,25-3+/t31-/m0/s1. The van der Waals surface area contributed by atoms with Crippen LogP contribution < -0.4 is 21.3 Å². The summed E-state index contributed by atoms with van der Waals surface area (Å²) in [6.45, 7) is 5.49. The Labute approximate surface area is 271 Å². The van der Waals surface area contributed by atoms with Gasteiger partial charge in [-0.25, -0.2) is 13.2 Å². The molecule has 0 amide bonds. The fraction of sp³-hybridized carbons (Fsp3) is 0.306. The molecule has 11 heteroatoms. The molecule has 0 aliphatic heterocycles. The first-order chi connectivity index (χ1) is 22.6.